The zero-order chi connectivity index (χ0) is 52.4. The lowest BCUT2D eigenvalue weighted by Crippen LogP contribution is -2.28. The van der Waals surface area contributed by atoms with Gasteiger partial charge >= 0.3 is 0 Å². The summed E-state index contributed by atoms with van der Waals surface area (Å²) < 4.78 is 2.57. The van der Waals surface area contributed by atoms with E-state index in [9.17, 15) is 0 Å². The first-order chi connectivity index (χ1) is 38.9. The summed E-state index contributed by atoms with van der Waals surface area (Å²) in [5.74, 6) is 0. The fraction of sp³-hybridized carbons (Fsp3) is 0.0526. The minimum atomic E-state index is -0.617. The van der Waals surface area contributed by atoms with Crippen molar-refractivity contribution < 1.29 is 0 Å². The summed E-state index contributed by atoms with van der Waals surface area (Å²) in [4.78, 5) is 5.01. The van der Waals surface area contributed by atoms with Crippen LogP contribution in [0, 0.1) is 0 Å². The first-order valence-electron chi connectivity index (χ1n) is 27.5. The van der Waals surface area contributed by atoms with E-state index in [0.29, 0.717) is 0 Å². The van der Waals surface area contributed by atoms with Crippen LogP contribution in [-0.4, -0.2) is 0 Å². The van der Waals surface area contributed by atoms with Gasteiger partial charge in [0, 0.05) is 48.3 Å². The normalized spacial score (nSPS) is 14.9. The third-order valence-corrected chi connectivity index (χ3v) is 18.6. The van der Waals surface area contributed by atoms with E-state index in [1.54, 1.807) is 0 Å². The predicted octanol–water partition coefficient (Wildman–Crippen LogP) is 21.1. The fourth-order valence-corrected chi connectivity index (χ4v) is 15.2. The summed E-state index contributed by atoms with van der Waals surface area (Å²) in [7, 11) is 0. The summed E-state index contributed by atoms with van der Waals surface area (Å²) in [5, 5.41) is 10.1. The average molecular weight is 1030 g/mol. The molecule has 0 radical (unpaired) electrons. The van der Waals surface area contributed by atoms with Crippen LogP contribution in [-0.2, 0) is 10.8 Å². The molecule has 0 saturated carbocycles. The van der Waals surface area contributed by atoms with E-state index in [1.807, 2.05) is 11.3 Å². The molecule has 0 bridgehead atoms. The first-order valence-corrected chi connectivity index (χ1v) is 28.3. The fourth-order valence-electron chi connectivity index (χ4n) is 14.0. The molecule has 2 aliphatic carbocycles. The van der Waals surface area contributed by atoms with E-state index in [-0.39, 0.29) is 5.41 Å². The molecule has 14 aromatic rings. The van der Waals surface area contributed by atoms with Crippen LogP contribution in [0.1, 0.15) is 47.2 Å². The Hall–Kier alpha value is -9.54. The zero-order valence-corrected chi connectivity index (χ0v) is 44.7. The summed E-state index contributed by atoms with van der Waals surface area (Å²) in [6.45, 7) is 4.86. The molecule has 0 spiro atoms. The van der Waals surface area contributed by atoms with Crippen molar-refractivity contribution in [2.45, 2.75) is 24.7 Å². The highest BCUT2D eigenvalue weighted by Gasteiger charge is 2.47. The molecule has 2 aliphatic rings. The van der Waals surface area contributed by atoms with Crippen LogP contribution >= 0.6 is 11.3 Å². The maximum absolute atomic E-state index is 2.54. The minimum absolute atomic E-state index is 0.299. The molecule has 372 valence electrons. The second-order valence-corrected chi connectivity index (χ2v) is 23.0. The summed E-state index contributed by atoms with van der Waals surface area (Å²) in [6.07, 6.45) is 0. The van der Waals surface area contributed by atoms with E-state index in [2.05, 4.69) is 303 Å². The van der Waals surface area contributed by atoms with Crippen molar-refractivity contribution >= 4 is 98.0 Å². The highest BCUT2D eigenvalue weighted by molar-refractivity contribution is 7.26. The first kappa shape index (κ1) is 45.6. The van der Waals surface area contributed by atoms with Gasteiger partial charge in [-0.1, -0.05) is 220 Å². The van der Waals surface area contributed by atoms with Gasteiger partial charge in [0.2, 0.25) is 0 Å². The number of thiophene rings is 1. The molecule has 2 nitrogen and oxygen atoms in total. The van der Waals surface area contributed by atoms with Crippen LogP contribution in [0.25, 0.3) is 74.7 Å². The molecule has 0 fully saturated rings. The lowest BCUT2D eigenvalue weighted by atomic mass is 9.67. The Morgan fingerprint density at radius 3 is 1.67 bits per heavy atom. The maximum atomic E-state index is 2.54. The highest BCUT2D eigenvalue weighted by atomic mass is 32.1. The van der Waals surface area contributed by atoms with Crippen molar-refractivity contribution in [1.82, 2.24) is 0 Å². The van der Waals surface area contributed by atoms with E-state index < -0.39 is 5.41 Å². The number of fused-ring (bicyclic) bond motifs is 14. The molecule has 79 heavy (non-hydrogen) atoms. The van der Waals surface area contributed by atoms with E-state index in [0.717, 1.165) is 22.7 Å². The second kappa shape index (κ2) is 17.5. The van der Waals surface area contributed by atoms with Crippen molar-refractivity contribution in [1.29, 1.82) is 0 Å². The van der Waals surface area contributed by atoms with Crippen LogP contribution in [0.5, 0.6) is 0 Å². The Morgan fingerprint density at radius 2 is 0.861 bits per heavy atom. The monoisotopic (exact) mass is 1020 g/mol. The van der Waals surface area contributed by atoms with E-state index >= 15 is 0 Å². The molecule has 0 N–H and O–H groups in total. The minimum Gasteiger partial charge on any atom is -0.310 e. The molecule has 0 amide bonds. The molecular formula is C76H52N2S. The van der Waals surface area contributed by atoms with E-state index in [1.165, 1.54) is 119 Å². The molecule has 16 rings (SSSR count). The average Bonchev–Trinajstić information content (AvgIpc) is 4.32. The van der Waals surface area contributed by atoms with Crippen LogP contribution in [0.4, 0.5) is 34.1 Å². The number of hydrogen-bond donors (Lipinski definition) is 0. The maximum Gasteiger partial charge on any atom is 0.0713 e. The van der Waals surface area contributed by atoms with Gasteiger partial charge in [0.1, 0.15) is 0 Å². The third-order valence-electron chi connectivity index (χ3n) is 17.4. The summed E-state index contributed by atoms with van der Waals surface area (Å²) in [6, 6.07) is 104. The van der Waals surface area contributed by atoms with Gasteiger partial charge in [-0.3, -0.25) is 0 Å². The predicted molar refractivity (Wildman–Crippen MR) is 336 cm³/mol. The number of anilines is 6. The van der Waals surface area contributed by atoms with Crippen LogP contribution in [0.15, 0.2) is 279 Å². The molecular weight excluding hydrogens is 973 g/mol. The molecule has 0 saturated heterocycles. The van der Waals surface area contributed by atoms with Gasteiger partial charge in [-0.25, -0.2) is 0 Å². The standard InChI is InChI=1S/C76H52N2S/c1-75(2)66-44-37-50-21-11-13-28-59(50)71(66)73-60-29-14-12-23-52(60)47-68(74(73)75)78(55-26-7-4-8-27-55)58-43-45-65-63(48-58)61-30-15-17-32-64(61)76(65,53-24-5-3-6-25-53)54-38-41-56(42-39-54)77(57-40-36-49-20-9-10-22-51(49)46-57)67-33-19-35-70-72(67)62-31-16-18-34-69(62)79-70/h3-48H,1-2H3. The van der Waals surface area contributed by atoms with Crippen LogP contribution < -0.4 is 9.80 Å². The van der Waals surface area contributed by atoms with Gasteiger partial charge < -0.3 is 9.80 Å². The van der Waals surface area contributed by atoms with Gasteiger partial charge in [0.15, 0.2) is 0 Å². The van der Waals surface area contributed by atoms with Gasteiger partial charge in [-0.15, -0.1) is 11.3 Å². The number of rotatable bonds is 8. The summed E-state index contributed by atoms with van der Waals surface area (Å²) >= 11 is 1.86. The van der Waals surface area contributed by atoms with Gasteiger partial charge in [-0.05, 0) is 161 Å². The number of benzene rings is 13. The van der Waals surface area contributed by atoms with Crippen molar-refractivity contribution in [3.8, 4) is 22.3 Å². The number of hydrogen-bond acceptors (Lipinski definition) is 3. The molecule has 0 aliphatic heterocycles. The Morgan fingerprint density at radius 1 is 0.316 bits per heavy atom. The summed E-state index contributed by atoms with van der Waals surface area (Å²) in [5.41, 5.74) is 18.8. The van der Waals surface area contributed by atoms with E-state index in [4.69, 9.17) is 0 Å². The smallest absolute Gasteiger partial charge is 0.0713 e. The Balaban J connectivity index is 0.907. The second-order valence-electron chi connectivity index (χ2n) is 21.9. The van der Waals surface area contributed by atoms with Gasteiger partial charge in [-0.2, -0.15) is 0 Å². The Bertz CT molecular complexity index is 4760. The van der Waals surface area contributed by atoms with Crippen molar-refractivity contribution in [3.05, 3.63) is 312 Å². The van der Waals surface area contributed by atoms with Crippen LogP contribution in [0.3, 0.4) is 0 Å². The molecule has 1 aromatic heterocycles. The van der Waals surface area contributed by atoms with Gasteiger partial charge in [0.25, 0.3) is 0 Å². The SMILES string of the molecule is CC1(C)c2ccc3ccccc3c2-c2c1c(N(c1ccccc1)c1ccc3c(c1)-c1ccccc1C3(c1ccccc1)c1ccc(N(c3ccc4ccccc4c3)c3cccc4sc5ccccc5c34)cc1)cc1ccccc21. The molecule has 1 unspecified atom stereocenters. The topological polar surface area (TPSA) is 6.48 Å². The number of nitrogens with zero attached hydrogens (tertiary/aromatic N) is 2. The quantitative estimate of drug-likeness (QED) is 0.150. The third kappa shape index (κ3) is 6.70. The lowest BCUT2D eigenvalue weighted by Gasteiger charge is -2.35. The molecule has 1 heterocycles. The molecule has 13 aromatic carbocycles. The molecule has 1 atom stereocenters. The Labute approximate surface area is 464 Å². The van der Waals surface area contributed by atoms with Crippen molar-refractivity contribution in [2.24, 2.45) is 0 Å². The number of para-hydroxylation sites is 1. The Kier molecular flexibility index (Phi) is 10.1. The highest BCUT2D eigenvalue weighted by Crippen LogP contribution is 2.61. The van der Waals surface area contributed by atoms with Crippen molar-refractivity contribution in [3.63, 3.8) is 0 Å². The van der Waals surface area contributed by atoms with Gasteiger partial charge in [0.05, 0.1) is 16.8 Å². The lowest BCUT2D eigenvalue weighted by molar-refractivity contribution is 0.661. The zero-order valence-electron chi connectivity index (χ0n) is 43.9. The largest absolute Gasteiger partial charge is 0.310 e. The van der Waals surface area contributed by atoms with Crippen LogP contribution in [0.2, 0.25) is 0 Å². The molecule has 3 heteroatoms. The van der Waals surface area contributed by atoms with Crippen molar-refractivity contribution in [2.75, 3.05) is 9.80 Å².